The van der Waals surface area contributed by atoms with E-state index in [1.54, 1.807) is 4.90 Å². The molecule has 0 aromatic heterocycles. The number of alkyl halides is 1. The van der Waals surface area contributed by atoms with Gasteiger partial charge < -0.3 is 4.90 Å². The summed E-state index contributed by atoms with van der Waals surface area (Å²) in [5.74, 6) is 1.45. The summed E-state index contributed by atoms with van der Waals surface area (Å²) in [5.41, 5.74) is 0. The third kappa shape index (κ3) is 2.82. The summed E-state index contributed by atoms with van der Waals surface area (Å²) >= 11 is 0. The van der Waals surface area contributed by atoms with Gasteiger partial charge in [0.05, 0.1) is 19.1 Å². The Hall–Kier alpha value is -0.150. The normalized spacial score (nSPS) is 48.2. The van der Waals surface area contributed by atoms with Crippen LogP contribution >= 0.6 is 0 Å². The van der Waals surface area contributed by atoms with Crippen LogP contribution in [0.4, 0.5) is 4.39 Å². The minimum atomic E-state index is -0.518. The second kappa shape index (κ2) is 5.69. The molecule has 6 unspecified atom stereocenters. The highest BCUT2D eigenvalue weighted by Gasteiger charge is 2.46. The first-order valence-corrected chi connectivity index (χ1v) is 8.39. The van der Waals surface area contributed by atoms with Crippen molar-refractivity contribution in [1.29, 1.82) is 0 Å². The first-order chi connectivity index (χ1) is 9.15. The van der Waals surface area contributed by atoms with Gasteiger partial charge in [0.15, 0.2) is 0 Å². The van der Waals surface area contributed by atoms with E-state index in [9.17, 15) is 4.39 Å². The Morgan fingerprint density at radius 1 is 1.16 bits per heavy atom. The molecule has 1 aliphatic carbocycles. The maximum absolute atomic E-state index is 13.6. The molecule has 1 saturated carbocycles. The van der Waals surface area contributed by atoms with E-state index in [4.69, 9.17) is 0 Å². The number of hydrogen-bond donors (Lipinski definition) is 1. The van der Waals surface area contributed by atoms with Gasteiger partial charge in [0.2, 0.25) is 0 Å². The second-order valence-electron chi connectivity index (χ2n) is 7.37. The lowest BCUT2D eigenvalue weighted by Crippen LogP contribution is -3.19. The fraction of sp³-hybridized carbons (Fsp3) is 1.00. The zero-order valence-corrected chi connectivity index (χ0v) is 12.6. The van der Waals surface area contributed by atoms with Crippen LogP contribution in [0, 0.1) is 11.8 Å². The summed E-state index contributed by atoms with van der Waals surface area (Å²) in [6.07, 6.45) is 6.97. The lowest BCUT2D eigenvalue weighted by atomic mass is 9.87. The Balaban J connectivity index is 1.65. The molecule has 2 aliphatic heterocycles. The van der Waals surface area contributed by atoms with Crippen LogP contribution in [-0.4, -0.2) is 42.9 Å². The highest BCUT2D eigenvalue weighted by Crippen LogP contribution is 2.27. The van der Waals surface area contributed by atoms with Gasteiger partial charge >= 0.3 is 0 Å². The van der Waals surface area contributed by atoms with Crippen molar-refractivity contribution in [1.82, 2.24) is 4.90 Å². The number of fused-ring (bicyclic) bond motifs is 1. The van der Waals surface area contributed by atoms with E-state index in [1.165, 1.54) is 38.9 Å². The molecule has 0 aromatic rings. The molecule has 3 heteroatoms. The molecule has 0 amide bonds. The van der Waals surface area contributed by atoms with Gasteiger partial charge in [-0.15, -0.1) is 0 Å². The predicted molar refractivity (Wildman–Crippen MR) is 75.9 cm³/mol. The number of nitrogens with one attached hydrogen (secondary N) is 1. The van der Waals surface area contributed by atoms with Gasteiger partial charge in [-0.05, 0) is 39.0 Å². The second-order valence-corrected chi connectivity index (χ2v) is 7.37. The lowest BCUT2D eigenvalue weighted by molar-refractivity contribution is -0.946. The largest absolute Gasteiger partial charge is 0.316 e. The number of quaternary nitrogens is 1. The molecular formula is C16H30FN2+. The molecule has 19 heavy (non-hydrogen) atoms. The molecule has 2 nitrogen and oxygen atoms in total. The van der Waals surface area contributed by atoms with Crippen LogP contribution in [0.3, 0.4) is 0 Å². The molecule has 1 N–H and O–H groups in total. The van der Waals surface area contributed by atoms with Crippen molar-refractivity contribution in [2.45, 2.75) is 70.8 Å². The molecule has 2 saturated heterocycles. The molecular weight excluding hydrogens is 239 g/mol. The van der Waals surface area contributed by atoms with Gasteiger partial charge in [-0.1, -0.05) is 13.3 Å². The van der Waals surface area contributed by atoms with Gasteiger partial charge in [-0.2, -0.15) is 0 Å². The zero-order chi connectivity index (χ0) is 13.4. The average molecular weight is 269 g/mol. The molecule has 110 valence electrons. The SMILES string of the molecule is CC1CCCN2CC(C)[NH+](CC3CCCC(F)C3)C12. The zero-order valence-electron chi connectivity index (χ0n) is 12.6. The van der Waals surface area contributed by atoms with E-state index in [0.29, 0.717) is 5.92 Å². The number of hydrogen-bond acceptors (Lipinski definition) is 1. The van der Waals surface area contributed by atoms with Gasteiger partial charge in [0.1, 0.15) is 12.3 Å². The maximum atomic E-state index is 13.6. The quantitative estimate of drug-likeness (QED) is 0.804. The summed E-state index contributed by atoms with van der Waals surface area (Å²) in [6, 6.07) is 0.741. The van der Waals surface area contributed by atoms with E-state index in [1.807, 2.05) is 0 Å². The molecule has 6 atom stereocenters. The molecule has 0 radical (unpaired) electrons. The van der Waals surface area contributed by atoms with Gasteiger partial charge in [0, 0.05) is 18.4 Å². The Morgan fingerprint density at radius 2 is 2.00 bits per heavy atom. The van der Waals surface area contributed by atoms with Crippen LogP contribution in [0.2, 0.25) is 0 Å². The number of nitrogens with zero attached hydrogens (tertiary/aromatic N) is 1. The fourth-order valence-corrected chi connectivity index (χ4v) is 4.90. The maximum Gasteiger partial charge on any atom is 0.146 e. The lowest BCUT2D eigenvalue weighted by Gasteiger charge is -2.38. The van der Waals surface area contributed by atoms with Crippen LogP contribution in [0.25, 0.3) is 0 Å². The van der Waals surface area contributed by atoms with E-state index < -0.39 is 6.17 Å². The molecule has 3 aliphatic rings. The Bertz CT molecular complexity index is 309. The van der Waals surface area contributed by atoms with Crippen molar-refractivity contribution in [3.63, 3.8) is 0 Å². The number of halogens is 1. The first kappa shape index (κ1) is 13.8. The van der Waals surface area contributed by atoms with E-state index in [0.717, 1.165) is 37.4 Å². The fourth-order valence-electron chi connectivity index (χ4n) is 4.90. The minimum Gasteiger partial charge on any atom is -0.316 e. The Morgan fingerprint density at radius 3 is 2.79 bits per heavy atom. The minimum absolute atomic E-state index is 0.518. The summed E-state index contributed by atoms with van der Waals surface area (Å²) in [5, 5.41) is 0. The standard InChI is InChI=1S/C16H29FN2/c1-12-5-4-8-18-10-13(2)19(16(12)18)11-14-6-3-7-15(17)9-14/h12-16H,3-11H2,1-2H3/p+1. The van der Waals surface area contributed by atoms with E-state index in [-0.39, 0.29) is 0 Å². The monoisotopic (exact) mass is 269 g/mol. The summed E-state index contributed by atoms with van der Waals surface area (Å²) < 4.78 is 13.6. The van der Waals surface area contributed by atoms with E-state index >= 15 is 0 Å². The topological polar surface area (TPSA) is 7.68 Å². The van der Waals surface area contributed by atoms with Crippen molar-refractivity contribution in [3.05, 3.63) is 0 Å². The highest BCUT2D eigenvalue weighted by atomic mass is 19.1. The van der Waals surface area contributed by atoms with Crippen LogP contribution in [0.5, 0.6) is 0 Å². The van der Waals surface area contributed by atoms with Gasteiger partial charge in [-0.25, -0.2) is 9.29 Å². The highest BCUT2D eigenvalue weighted by molar-refractivity contribution is 4.82. The summed E-state index contributed by atoms with van der Waals surface area (Å²) in [7, 11) is 0. The van der Waals surface area contributed by atoms with Crippen molar-refractivity contribution in [2.75, 3.05) is 19.6 Å². The average Bonchev–Trinajstić information content (AvgIpc) is 2.67. The molecule has 0 aromatic carbocycles. The third-order valence-electron chi connectivity index (χ3n) is 5.80. The Kier molecular flexibility index (Phi) is 4.14. The van der Waals surface area contributed by atoms with Crippen LogP contribution < -0.4 is 4.90 Å². The molecule has 3 rings (SSSR count). The summed E-state index contributed by atoms with van der Waals surface area (Å²) in [4.78, 5) is 4.48. The van der Waals surface area contributed by atoms with Crippen molar-refractivity contribution in [2.24, 2.45) is 11.8 Å². The molecule has 2 heterocycles. The third-order valence-corrected chi connectivity index (χ3v) is 5.80. The van der Waals surface area contributed by atoms with Crippen molar-refractivity contribution < 1.29 is 9.29 Å². The number of rotatable bonds is 2. The van der Waals surface area contributed by atoms with E-state index in [2.05, 4.69) is 18.7 Å². The smallest absolute Gasteiger partial charge is 0.146 e. The van der Waals surface area contributed by atoms with Crippen molar-refractivity contribution >= 4 is 0 Å². The van der Waals surface area contributed by atoms with Crippen LogP contribution in [0.1, 0.15) is 52.4 Å². The van der Waals surface area contributed by atoms with Gasteiger partial charge in [-0.3, -0.25) is 0 Å². The van der Waals surface area contributed by atoms with Crippen molar-refractivity contribution in [3.8, 4) is 0 Å². The number of piperidine rings is 1. The predicted octanol–water partition coefficient (Wildman–Crippen LogP) is 1.86. The molecule has 0 spiro atoms. The molecule has 3 fully saturated rings. The first-order valence-electron chi connectivity index (χ1n) is 8.39. The Labute approximate surface area is 117 Å². The summed E-state index contributed by atoms with van der Waals surface area (Å²) in [6.45, 7) is 8.59. The molecule has 0 bridgehead atoms. The van der Waals surface area contributed by atoms with Crippen LogP contribution in [0.15, 0.2) is 0 Å². The van der Waals surface area contributed by atoms with Gasteiger partial charge in [0.25, 0.3) is 0 Å². The van der Waals surface area contributed by atoms with Crippen LogP contribution in [-0.2, 0) is 0 Å².